The van der Waals surface area contributed by atoms with Gasteiger partial charge in [0.25, 0.3) is 5.91 Å². The van der Waals surface area contributed by atoms with Gasteiger partial charge in [0.2, 0.25) is 0 Å². The van der Waals surface area contributed by atoms with Crippen molar-refractivity contribution in [3.8, 4) is 11.1 Å². The molecule has 178 valence electrons. The van der Waals surface area contributed by atoms with E-state index in [2.05, 4.69) is 17.4 Å². The first-order valence-electron chi connectivity index (χ1n) is 11.6. The maximum atomic E-state index is 13.5. The number of likely N-dealkylation sites (tertiary alicyclic amines) is 1. The van der Waals surface area contributed by atoms with Gasteiger partial charge in [0, 0.05) is 25.5 Å². The van der Waals surface area contributed by atoms with Gasteiger partial charge in [-0.1, -0.05) is 48.5 Å². The number of aliphatic carboxylic acids is 1. The molecule has 2 heterocycles. The summed E-state index contributed by atoms with van der Waals surface area (Å²) in [5.41, 5.74) is 1.83. The summed E-state index contributed by atoms with van der Waals surface area (Å²) in [4.78, 5) is 39.7. The van der Waals surface area contributed by atoms with Crippen LogP contribution in [0.1, 0.15) is 43.2 Å². The highest BCUT2D eigenvalue weighted by atomic mass is 16.6. The monoisotopic (exact) mass is 464 g/mol. The van der Waals surface area contributed by atoms with Crippen LogP contribution in [0.15, 0.2) is 48.5 Å². The number of carboxylic acids is 1. The summed E-state index contributed by atoms with van der Waals surface area (Å²) >= 11 is 0. The number of amides is 2. The van der Waals surface area contributed by atoms with Crippen molar-refractivity contribution in [1.29, 1.82) is 0 Å². The number of carboxylic acid groups (broad SMARTS) is 1. The van der Waals surface area contributed by atoms with Gasteiger partial charge in [-0.05, 0) is 42.0 Å². The first-order valence-corrected chi connectivity index (χ1v) is 11.6. The van der Waals surface area contributed by atoms with Gasteiger partial charge in [-0.15, -0.1) is 0 Å². The molecule has 2 N–H and O–H groups in total. The number of carbonyl (C=O) groups is 3. The van der Waals surface area contributed by atoms with Crippen LogP contribution >= 0.6 is 0 Å². The van der Waals surface area contributed by atoms with E-state index in [1.807, 2.05) is 36.4 Å². The molecule has 3 aliphatic rings. The van der Waals surface area contributed by atoms with E-state index in [-0.39, 0.29) is 25.6 Å². The maximum absolute atomic E-state index is 13.5. The van der Waals surface area contributed by atoms with Crippen molar-refractivity contribution >= 4 is 18.0 Å². The van der Waals surface area contributed by atoms with Crippen molar-refractivity contribution in [2.75, 3.05) is 26.4 Å². The van der Waals surface area contributed by atoms with Crippen LogP contribution in [0.5, 0.6) is 0 Å². The predicted octanol–water partition coefficient (Wildman–Crippen LogP) is 3.15. The fraction of sp³-hybridized carbons (Fsp3) is 0.423. The van der Waals surface area contributed by atoms with Crippen molar-refractivity contribution in [3.63, 3.8) is 0 Å². The zero-order chi connectivity index (χ0) is 23.9. The second-order valence-corrected chi connectivity index (χ2v) is 9.47. The number of benzene rings is 2. The lowest BCUT2D eigenvalue weighted by Gasteiger charge is -2.38. The van der Waals surface area contributed by atoms with Crippen LogP contribution in [0.25, 0.3) is 11.1 Å². The average molecular weight is 465 g/mol. The standard InChI is InChI=1S/C26H28N2O6/c1-25(23(30)31)11-6-13-28(25)22(29)26(12-14-33-16-26)27-24(32)34-15-21-19-9-4-2-7-17(19)18-8-3-5-10-20(18)21/h2-5,7-10,21H,6,11-16H2,1H3,(H,27,32)(H,30,31)/t25-,26?/m0/s1. The number of hydrogen-bond donors (Lipinski definition) is 2. The summed E-state index contributed by atoms with van der Waals surface area (Å²) in [6, 6.07) is 16.1. The second kappa shape index (κ2) is 8.43. The van der Waals surface area contributed by atoms with Crippen molar-refractivity contribution < 1.29 is 29.0 Å². The number of fused-ring (bicyclic) bond motifs is 3. The molecule has 1 unspecified atom stereocenters. The normalized spacial score (nSPS) is 25.6. The van der Waals surface area contributed by atoms with Crippen LogP contribution in [-0.2, 0) is 19.1 Å². The topological polar surface area (TPSA) is 105 Å². The Bertz CT molecular complexity index is 1100. The molecule has 1 aliphatic carbocycles. The van der Waals surface area contributed by atoms with Gasteiger partial charge in [0.05, 0.1) is 6.61 Å². The van der Waals surface area contributed by atoms with E-state index < -0.39 is 29.0 Å². The molecule has 8 heteroatoms. The third-order valence-corrected chi connectivity index (χ3v) is 7.46. The number of hydrogen-bond acceptors (Lipinski definition) is 5. The Hall–Kier alpha value is -3.39. The first kappa shape index (κ1) is 22.4. The van der Waals surface area contributed by atoms with E-state index in [0.717, 1.165) is 22.3 Å². The third kappa shape index (κ3) is 3.53. The number of ether oxygens (including phenoxy) is 2. The van der Waals surface area contributed by atoms with Crippen LogP contribution in [0, 0.1) is 0 Å². The number of nitrogens with zero attached hydrogens (tertiary/aromatic N) is 1. The zero-order valence-corrected chi connectivity index (χ0v) is 19.1. The first-order chi connectivity index (χ1) is 16.4. The highest BCUT2D eigenvalue weighted by molar-refractivity contribution is 5.95. The van der Waals surface area contributed by atoms with E-state index in [0.29, 0.717) is 26.0 Å². The molecule has 34 heavy (non-hydrogen) atoms. The quantitative estimate of drug-likeness (QED) is 0.704. The summed E-state index contributed by atoms with van der Waals surface area (Å²) in [7, 11) is 0. The maximum Gasteiger partial charge on any atom is 0.408 e. The van der Waals surface area contributed by atoms with Gasteiger partial charge in [0.1, 0.15) is 17.7 Å². The van der Waals surface area contributed by atoms with E-state index in [1.165, 1.54) is 4.90 Å². The summed E-state index contributed by atoms with van der Waals surface area (Å²) in [5, 5.41) is 12.5. The minimum Gasteiger partial charge on any atom is -0.480 e. The molecule has 0 spiro atoms. The van der Waals surface area contributed by atoms with E-state index >= 15 is 0 Å². The molecular formula is C26H28N2O6. The van der Waals surface area contributed by atoms with E-state index in [1.54, 1.807) is 6.92 Å². The zero-order valence-electron chi connectivity index (χ0n) is 19.1. The van der Waals surface area contributed by atoms with Gasteiger partial charge in [-0.2, -0.15) is 0 Å². The lowest BCUT2D eigenvalue weighted by molar-refractivity contribution is -0.158. The fourth-order valence-electron chi connectivity index (χ4n) is 5.49. The van der Waals surface area contributed by atoms with Crippen LogP contribution in [0.4, 0.5) is 4.79 Å². The Morgan fingerprint density at radius 1 is 1.09 bits per heavy atom. The van der Waals surface area contributed by atoms with Gasteiger partial charge in [0.15, 0.2) is 0 Å². The summed E-state index contributed by atoms with van der Waals surface area (Å²) < 4.78 is 11.1. The van der Waals surface area contributed by atoms with Crippen LogP contribution in [0.3, 0.4) is 0 Å². The van der Waals surface area contributed by atoms with Crippen molar-refractivity contribution in [3.05, 3.63) is 59.7 Å². The summed E-state index contributed by atoms with van der Waals surface area (Å²) in [5.74, 6) is -1.58. The summed E-state index contributed by atoms with van der Waals surface area (Å²) in [6.45, 7) is 2.30. The molecule has 8 nitrogen and oxygen atoms in total. The van der Waals surface area contributed by atoms with Crippen molar-refractivity contribution in [2.24, 2.45) is 0 Å². The Balaban J connectivity index is 1.32. The van der Waals surface area contributed by atoms with E-state index in [9.17, 15) is 19.5 Å². The van der Waals surface area contributed by atoms with E-state index in [4.69, 9.17) is 9.47 Å². The van der Waals surface area contributed by atoms with Crippen molar-refractivity contribution in [2.45, 2.75) is 43.2 Å². The van der Waals surface area contributed by atoms with Gasteiger partial charge >= 0.3 is 12.1 Å². The molecule has 2 atom stereocenters. The molecular weight excluding hydrogens is 436 g/mol. The van der Waals surface area contributed by atoms with Gasteiger partial charge < -0.3 is 24.8 Å². The number of rotatable bonds is 5. The molecule has 2 aromatic rings. The van der Waals surface area contributed by atoms with Crippen LogP contribution in [0.2, 0.25) is 0 Å². The van der Waals surface area contributed by atoms with Gasteiger partial charge in [-0.25, -0.2) is 9.59 Å². The fourth-order valence-corrected chi connectivity index (χ4v) is 5.49. The smallest absolute Gasteiger partial charge is 0.408 e. The summed E-state index contributed by atoms with van der Waals surface area (Å²) in [6.07, 6.45) is 0.520. The lowest BCUT2D eigenvalue weighted by Crippen LogP contribution is -2.64. The Kier molecular flexibility index (Phi) is 5.56. The van der Waals surface area contributed by atoms with Crippen LogP contribution < -0.4 is 5.32 Å². The Morgan fingerprint density at radius 3 is 2.32 bits per heavy atom. The largest absolute Gasteiger partial charge is 0.480 e. The highest BCUT2D eigenvalue weighted by Gasteiger charge is 2.54. The molecule has 0 saturated carbocycles. The van der Waals surface area contributed by atoms with Gasteiger partial charge in [-0.3, -0.25) is 4.79 Å². The third-order valence-electron chi connectivity index (χ3n) is 7.46. The SMILES string of the molecule is C[C@@]1(C(=O)O)CCCN1C(=O)C1(NC(=O)OCC2c3ccccc3-c3ccccc32)CCOC1. The Morgan fingerprint density at radius 2 is 1.74 bits per heavy atom. The predicted molar refractivity (Wildman–Crippen MR) is 123 cm³/mol. The number of carbonyl (C=O) groups excluding carboxylic acids is 2. The number of nitrogens with one attached hydrogen (secondary N) is 1. The minimum absolute atomic E-state index is 0.0117. The molecule has 0 radical (unpaired) electrons. The molecule has 2 aromatic carbocycles. The number of alkyl carbamates (subject to hydrolysis) is 1. The minimum atomic E-state index is -1.33. The molecule has 0 bridgehead atoms. The highest BCUT2D eigenvalue weighted by Crippen LogP contribution is 2.44. The van der Waals surface area contributed by atoms with Crippen LogP contribution in [-0.4, -0.2) is 65.4 Å². The Labute approximate surface area is 197 Å². The molecule has 2 saturated heterocycles. The molecule has 0 aromatic heterocycles. The molecule has 5 rings (SSSR count). The molecule has 2 aliphatic heterocycles. The molecule has 2 fully saturated rings. The van der Waals surface area contributed by atoms with Crippen molar-refractivity contribution in [1.82, 2.24) is 10.2 Å². The lowest BCUT2D eigenvalue weighted by atomic mass is 9.92. The average Bonchev–Trinajstić information content (AvgIpc) is 3.54. The second-order valence-electron chi connectivity index (χ2n) is 9.47. The molecule has 2 amide bonds.